The Labute approximate surface area is 172 Å². The van der Waals surface area contributed by atoms with Crippen LogP contribution in [0.5, 0.6) is 5.75 Å². The maximum absolute atomic E-state index is 12.5. The average Bonchev–Trinajstić information content (AvgIpc) is 2.71. The van der Waals surface area contributed by atoms with Crippen molar-refractivity contribution in [1.82, 2.24) is 9.73 Å². The Hall–Kier alpha value is -2.71. The second-order valence-electron chi connectivity index (χ2n) is 6.80. The summed E-state index contributed by atoms with van der Waals surface area (Å²) in [6.45, 7) is 3.38. The first-order valence-electron chi connectivity index (χ1n) is 9.20. The van der Waals surface area contributed by atoms with E-state index in [2.05, 4.69) is 10.5 Å². The highest BCUT2D eigenvalue weighted by Gasteiger charge is 2.22. The molecule has 8 heteroatoms. The molecule has 0 heterocycles. The van der Waals surface area contributed by atoms with Crippen LogP contribution in [0.1, 0.15) is 24.5 Å². The largest absolute Gasteiger partial charge is 0.497 e. The third-order valence-electron chi connectivity index (χ3n) is 4.40. The monoisotopic (exact) mass is 417 g/mol. The molecule has 0 radical (unpaired) electrons. The minimum Gasteiger partial charge on any atom is -0.497 e. The van der Waals surface area contributed by atoms with Crippen molar-refractivity contribution in [1.29, 1.82) is 0 Å². The number of hydrogen-bond acceptors (Lipinski definition) is 5. The molecule has 0 aromatic heterocycles. The summed E-state index contributed by atoms with van der Waals surface area (Å²) in [7, 11) is -0.735. The van der Waals surface area contributed by atoms with Gasteiger partial charge in [0.25, 0.3) is 5.91 Å². The molecule has 2 aromatic rings. The fraction of sp³-hybridized carbons (Fsp3) is 0.333. The van der Waals surface area contributed by atoms with Crippen LogP contribution in [0.4, 0.5) is 0 Å². The van der Waals surface area contributed by atoms with Gasteiger partial charge in [-0.2, -0.15) is 9.41 Å². The van der Waals surface area contributed by atoms with Crippen LogP contribution in [0.3, 0.4) is 0 Å². The van der Waals surface area contributed by atoms with Gasteiger partial charge < -0.3 is 4.74 Å². The molecular formula is C21H27N3O4S. The molecule has 2 rings (SSSR count). The van der Waals surface area contributed by atoms with E-state index < -0.39 is 15.9 Å². The number of nitrogens with zero attached hydrogens (tertiary/aromatic N) is 2. The summed E-state index contributed by atoms with van der Waals surface area (Å²) in [4.78, 5) is 12.2. The van der Waals surface area contributed by atoms with Gasteiger partial charge in [0.15, 0.2) is 0 Å². The number of aryl methyl sites for hydroxylation is 2. The molecule has 0 spiro atoms. The molecule has 7 nitrogen and oxygen atoms in total. The van der Waals surface area contributed by atoms with Gasteiger partial charge in [-0.05, 0) is 56.5 Å². The van der Waals surface area contributed by atoms with Crippen molar-refractivity contribution >= 4 is 21.6 Å². The van der Waals surface area contributed by atoms with E-state index in [0.717, 1.165) is 33.3 Å². The smallest absolute Gasteiger partial charge is 0.255 e. The first-order valence-corrected chi connectivity index (χ1v) is 10.6. The second kappa shape index (κ2) is 10.2. The van der Waals surface area contributed by atoms with Crippen molar-refractivity contribution in [3.8, 4) is 5.75 Å². The minimum absolute atomic E-state index is 0.151. The Morgan fingerprint density at radius 1 is 1.10 bits per heavy atom. The van der Waals surface area contributed by atoms with Crippen molar-refractivity contribution in [3.05, 3.63) is 59.7 Å². The van der Waals surface area contributed by atoms with Crippen LogP contribution in [-0.4, -0.2) is 45.0 Å². The topological polar surface area (TPSA) is 88.1 Å². The van der Waals surface area contributed by atoms with Gasteiger partial charge >= 0.3 is 0 Å². The zero-order valence-electron chi connectivity index (χ0n) is 17.2. The number of rotatable bonds is 9. The molecule has 0 atom stereocenters. The predicted octanol–water partition coefficient (Wildman–Crippen LogP) is 2.75. The van der Waals surface area contributed by atoms with Crippen molar-refractivity contribution in [2.24, 2.45) is 5.10 Å². The molecule has 0 saturated carbocycles. The average molecular weight is 418 g/mol. The van der Waals surface area contributed by atoms with Gasteiger partial charge in [0.2, 0.25) is 10.0 Å². The molecule has 0 bridgehead atoms. The van der Waals surface area contributed by atoms with E-state index in [1.807, 2.05) is 38.1 Å². The lowest BCUT2D eigenvalue weighted by Gasteiger charge is -2.16. The molecular weight excluding hydrogens is 390 g/mol. The highest BCUT2D eigenvalue weighted by Crippen LogP contribution is 2.15. The molecule has 0 saturated heterocycles. The first kappa shape index (κ1) is 22.6. The lowest BCUT2D eigenvalue weighted by molar-refractivity contribution is -0.121. The SMILES string of the molecule is COc1ccc(CC/C(C)=N\NC(=O)CN(C)S(=O)(=O)c2ccc(C)cc2)cc1. The Morgan fingerprint density at radius 2 is 1.72 bits per heavy atom. The Bertz CT molecular complexity index is 952. The lowest BCUT2D eigenvalue weighted by Crippen LogP contribution is -2.36. The zero-order valence-corrected chi connectivity index (χ0v) is 18.0. The zero-order chi connectivity index (χ0) is 21.4. The number of carbonyl (C=O) groups is 1. The number of benzene rings is 2. The number of amides is 1. The molecule has 1 N–H and O–H groups in total. The van der Waals surface area contributed by atoms with E-state index >= 15 is 0 Å². The molecule has 1 amide bonds. The van der Waals surface area contributed by atoms with Gasteiger partial charge in [-0.3, -0.25) is 4.79 Å². The molecule has 29 heavy (non-hydrogen) atoms. The molecule has 0 aliphatic rings. The number of methoxy groups -OCH3 is 1. The number of likely N-dealkylation sites (N-methyl/N-ethyl adjacent to an activating group) is 1. The summed E-state index contributed by atoms with van der Waals surface area (Å²) >= 11 is 0. The van der Waals surface area contributed by atoms with E-state index in [1.54, 1.807) is 19.2 Å². The van der Waals surface area contributed by atoms with Gasteiger partial charge in [-0.25, -0.2) is 13.8 Å². The van der Waals surface area contributed by atoms with Crippen LogP contribution < -0.4 is 10.2 Å². The van der Waals surface area contributed by atoms with E-state index in [1.165, 1.54) is 19.2 Å². The normalized spacial score (nSPS) is 12.1. The van der Waals surface area contributed by atoms with Gasteiger partial charge in [-0.15, -0.1) is 0 Å². The van der Waals surface area contributed by atoms with Crippen molar-refractivity contribution in [2.75, 3.05) is 20.7 Å². The number of carbonyl (C=O) groups excluding carboxylic acids is 1. The highest BCUT2D eigenvalue weighted by molar-refractivity contribution is 7.89. The van der Waals surface area contributed by atoms with Crippen LogP contribution in [0, 0.1) is 6.92 Å². The van der Waals surface area contributed by atoms with E-state index in [0.29, 0.717) is 6.42 Å². The Kier molecular flexibility index (Phi) is 7.92. The number of sulfonamides is 1. The molecule has 0 aliphatic heterocycles. The quantitative estimate of drug-likeness (QED) is 0.502. The summed E-state index contributed by atoms with van der Waals surface area (Å²) in [5.74, 6) is 0.308. The predicted molar refractivity (Wildman–Crippen MR) is 114 cm³/mol. The molecule has 0 unspecified atom stereocenters. The summed E-state index contributed by atoms with van der Waals surface area (Å²) in [5, 5.41) is 4.06. The third-order valence-corrected chi connectivity index (χ3v) is 6.22. The van der Waals surface area contributed by atoms with Crippen LogP contribution in [-0.2, 0) is 21.2 Å². The summed E-state index contributed by atoms with van der Waals surface area (Å²) in [5.41, 5.74) is 5.27. The summed E-state index contributed by atoms with van der Waals surface area (Å²) in [6, 6.07) is 14.3. The third kappa shape index (κ3) is 6.69. The fourth-order valence-electron chi connectivity index (χ4n) is 2.54. The number of hydrogen-bond donors (Lipinski definition) is 1. The molecule has 2 aromatic carbocycles. The minimum atomic E-state index is -3.73. The van der Waals surface area contributed by atoms with Crippen LogP contribution in [0.2, 0.25) is 0 Å². The lowest BCUT2D eigenvalue weighted by atomic mass is 10.1. The van der Waals surface area contributed by atoms with Crippen LogP contribution in [0.25, 0.3) is 0 Å². The number of nitrogens with one attached hydrogen (secondary N) is 1. The number of hydrazone groups is 1. The highest BCUT2D eigenvalue weighted by atomic mass is 32.2. The maximum atomic E-state index is 12.5. The van der Waals surface area contributed by atoms with Crippen LogP contribution in [0.15, 0.2) is 58.5 Å². The van der Waals surface area contributed by atoms with Gasteiger partial charge in [0.05, 0.1) is 18.6 Å². The van der Waals surface area contributed by atoms with E-state index in [9.17, 15) is 13.2 Å². The van der Waals surface area contributed by atoms with Crippen molar-refractivity contribution in [3.63, 3.8) is 0 Å². The fourth-order valence-corrected chi connectivity index (χ4v) is 3.67. The number of ether oxygens (including phenoxy) is 1. The standard InChI is InChI=1S/C21H27N3O4S/c1-16-5-13-20(14-6-16)29(26,27)24(3)15-21(25)23-22-17(2)7-8-18-9-11-19(28-4)12-10-18/h5-6,9-14H,7-8,15H2,1-4H3,(H,23,25)/b22-17-. The Balaban J connectivity index is 1.86. The van der Waals surface area contributed by atoms with E-state index in [4.69, 9.17) is 4.74 Å². The molecule has 156 valence electrons. The second-order valence-corrected chi connectivity index (χ2v) is 8.85. The van der Waals surface area contributed by atoms with Gasteiger partial charge in [0, 0.05) is 12.8 Å². The molecule has 0 fully saturated rings. The summed E-state index contributed by atoms with van der Waals surface area (Å²) in [6.07, 6.45) is 1.45. The van der Waals surface area contributed by atoms with E-state index in [-0.39, 0.29) is 11.4 Å². The Morgan fingerprint density at radius 3 is 2.31 bits per heavy atom. The van der Waals surface area contributed by atoms with Crippen molar-refractivity contribution < 1.29 is 17.9 Å². The maximum Gasteiger partial charge on any atom is 0.255 e. The van der Waals surface area contributed by atoms with Gasteiger partial charge in [0.1, 0.15) is 5.75 Å². The van der Waals surface area contributed by atoms with Crippen LogP contribution >= 0.6 is 0 Å². The van der Waals surface area contributed by atoms with Crippen molar-refractivity contribution in [2.45, 2.75) is 31.6 Å². The molecule has 0 aliphatic carbocycles. The first-order chi connectivity index (χ1) is 13.7. The van der Waals surface area contributed by atoms with Gasteiger partial charge in [-0.1, -0.05) is 29.8 Å². The summed E-state index contributed by atoms with van der Waals surface area (Å²) < 4.78 is 31.2.